The third-order valence-corrected chi connectivity index (χ3v) is 2.38. The Kier molecular flexibility index (Phi) is 10.7. The summed E-state index contributed by atoms with van der Waals surface area (Å²) in [6, 6.07) is 0. The van der Waals surface area contributed by atoms with Gasteiger partial charge in [0, 0.05) is 5.92 Å². The number of nitrogens with two attached hydrogens (primary N) is 3. The van der Waals surface area contributed by atoms with Crippen LogP contribution in [-0.4, -0.2) is 30.8 Å². The fourth-order valence-corrected chi connectivity index (χ4v) is 1.67. The van der Waals surface area contributed by atoms with E-state index in [-0.39, 0.29) is 36.8 Å². The minimum atomic E-state index is -0.510. The zero-order valence-corrected chi connectivity index (χ0v) is 12.1. The largest absolute Gasteiger partial charge is 0.369 e. The van der Waals surface area contributed by atoms with Crippen molar-refractivity contribution in [3.63, 3.8) is 0 Å². The van der Waals surface area contributed by atoms with Crippen LogP contribution in [-0.2, 0) is 14.4 Å². The van der Waals surface area contributed by atoms with Crippen LogP contribution in [0.4, 0.5) is 0 Å². The predicted molar refractivity (Wildman–Crippen MR) is 73.6 cm³/mol. The van der Waals surface area contributed by atoms with Crippen molar-refractivity contribution in [2.45, 2.75) is 27.7 Å². The minimum Gasteiger partial charge on any atom is -0.369 e. The van der Waals surface area contributed by atoms with Gasteiger partial charge in [-0.1, -0.05) is 27.7 Å². The van der Waals surface area contributed by atoms with Gasteiger partial charge in [-0.05, 0) is 11.8 Å². The third-order valence-electron chi connectivity index (χ3n) is 2.38. The Morgan fingerprint density at radius 3 is 1.53 bits per heavy atom. The number of primary amides is 2. The van der Waals surface area contributed by atoms with Gasteiger partial charge < -0.3 is 22.5 Å². The Hall–Kier alpha value is -1.63. The highest BCUT2D eigenvalue weighted by Crippen LogP contribution is 2.20. The first kappa shape index (κ1) is 19.7. The van der Waals surface area contributed by atoms with Crippen LogP contribution in [0.2, 0.25) is 0 Å². The average molecular weight is 274 g/mol. The lowest BCUT2D eigenvalue weighted by atomic mass is 9.85. The number of carbonyl (C=O) groups is 3. The smallest absolute Gasteiger partial charge is 0.236 e. The van der Waals surface area contributed by atoms with Gasteiger partial charge in [-0.2, -0.15) is 0 Å². The summed E-state index contributed by atoms with van der Waals surface area (Å²) in [7, 11) is 0. The Morgan fingerprint density at radius 2 is 1.32 bits per heavy atom. The molecule has 3 amide bonds. The van der Waals surface area contributed by atoms with E-state index < -0.39 is 11.8 Å². The molecular weight excluding hydrogens is 248 g/mol. The monoisotopic (exact) mass is 274 g/mol. The summed E-state index contributed by atoms with van der Waals surface area (Å²) >= 11 is 0. The summed E-state index contributed by atoms with van der Waals surface area (Å²) < 4.78 is 0. The van der Waals surface area contributed by atoms with E-state index in [2.05, 4.69) is 11.1 Å². The lowest BCUT2D eigenvalue weighted by Crippen LogP contribution is -2.40. The summed E-state index contributed by atoms with van der Waals surface area (Å²) in [6.45, 7) is 7.85. The topological polar surface area (TPSA) is 141 Å². The van der Waals surface area contributed by atoms with Crippen molar-refractivity contribution in [3.05, 3.63) is 0 Å². The normalized spacial score (nSPS) is 10.1. The molecule has 0 spiro atoms. The predicted octanol–water partition coefficient (Wildman–Crippen LogP) is -1.05. The van der Waals surface area contributed by atoms with Gasteiger partial charge in [0.15, 0.2) is 0 Å². The van der Waals surface area contributed by atoms with E-state index in [4.69, 9.17) is 11.5 Å². The summed E-state index contributed by atoms with van der Waals surface area (Å²) in [5.74, 6) is -0.594. The second-order valence-electron chi connectivity index (χ2n) is 4.87. The SMILES string of the molecule is CC(C)C(C(=O)NCC(N)=O)C(C)C.NCC(N)=O. The molecule has 7 heteroatoms. The number of hydrogen-bond donors (Lipinski definition) is 4. The van der Waals surface area contributed by atoms with E-state index in [0.29, 0.717) is 0 Å². The van der Waals surface area contributed by atoms with Crippen molar-refractivity contribution >= 4 is 17.7 Å². The van der Waals surface area contributed by atoms with Gasteiger partial charge in [-0.25, -0.2) is 0 Å². The van der Waals surface area contributed by atoms with Crippen LogP contribution in [0.5, 0.6) is 0 Å². The van der Waals surface area contributed by atoms with Gasteiger partial charge in [0.25, 0.3) is 0 Å². The zero-order valence-electron chi connectivity index (χ0n) is 12.1. The van der Waals surface area contributed by atoms with Crippen LogP contribution in [0, 0.1) is 17.8 Å². The summed E-state index contributed by atoms with van der Waals surface area (Å²) in [5.41, 5.74) is 14.2. The fourth-order valence-electron chi connectivity index (χ4n) is 1.67. The van der Waals surface area contributed by atoms with Crippen LogP contribution in [0.1, 0.15) is 27.7 Å². The Morgan fingerprint density at radius 1 is 0.947 bits per heavy atom. The number of hydrogen-bond acceptors (Lipinski definition) is 4. The Bertz CT molecular complexity index is 295. The molecule has 0 aliphatic rings. The molecule has 0 saturated heterocycles. The third kappa shape index (κ3) is 11.2. The molecule has 0 saturated carbocycles. The molecule has 0 aromatic carbocycles. The molecule has 0 atom stereocenters. The van der Waals surface area contributed by atoms with Gasteiger partial charge in [-0.3, -0.25) is 14.4 Å². The summed E-state index contributed by atoms with van der Waals surface area (Å²) in [4.78, 5) is 31.6. The van der Waals surface area contributed by atoms with E-state index in [1.165, 1.54) is 0 Å². The maximum atomic E-state index is 11.6. The summed E-state index contributed by atoms with van der Waals surface area (Å²) in [5, 5.41) is 2.53. The van der Waals surface area contributed by atoms with E-state index in [0.717, 1.165) is 0 Å². The maximum Gasteiger partial charge on any atom is 0.236 e. The molecule has 0 unspecified atom stereocenters. The zero-order chi connectivity index (χ0) is 15.6. The Balaban J connectivity index is 0. The quantitative estimate of drug-likeness (QED) is 0.490. The Labute approximate surface area is 114 Å². The standard InChI is InChI=1S/C10H20N2O2.C2H6N2O/c1-6(2)9(7(3)4)10(14)12-5-8(11)13;3-1-2(4)5/h6-7,9H,5H2,1-4H3,(H2,11,13)(H,12,14);1,3H2,(H2,4,5). The molecule has 7 nitrogen and oxygen atoms in total. The molecule has 0 aromatic heterocycles. The lowest BCUT2D eigenvalue weighted by Gasteiger charge is -2.23. The number of amides is 3. The number of nitrogens with one attached hydrogen (secondary N) is 1. The highest BCUT2D eigenvalue weighted by atomic mass is 16.2. The van der Waals surface area contributed by atoms with Gasteiger partial charge in [0.05, 0.1) is 13.1 Å². The van der Waals surface area contributed by atoms with Crippen molar-refractivity contribution in [1.29, 1.82) is 0 Å². The molecule has 0 aliphatic carbocycles. The van der Waals surface area contributed by atoms with Gasteiger partial charge in [-0.15, -0.1) is 0 Å². The highest BCUT2D eigenvalue weighted by Gasteiger charge is 2.25. The molecule has 0 aliphatic heterocycles. The number of rotatable bonds is 6. The molecular formula is C12H26N4O3. The van der Waals surface area contributed by atoms with E-state index in [9.17, 15) is 14.4 Å². The minimum absolute atomic E-state index is 0.0556. The first-order chi connectivity index (χ1) is 8.63. The van der Waals surface area contributed by atoms with Crippen molar-refractivity contribution in [3.8, 4) is 0 Å². The second kappa shape index (κ2) is 10.3. The molecule has 0 fully saturated rings. The van der Waals surface area contributed by atoms with Crippen LogP contribution in [0.3, 0.4) is 0 Å². The van der Waals surface area contributed by atoms with Crippen molar-refractivity contribution in [2.75, 3.05) is 13.1 Å². The van der Waals surface area contributed by atoms with E-state index in [1.54, 1.807) is 0 Å². The molecule has 7 N–H and O–H groups in total. The fraction of sp³-hybridized carbons (Fsp3) is 0.750. The van der Waals surface area contributed by atoms with Crippen LogP contribution in [0.15, 0.2) is 0 Å². The first-order valence-electron chi connectivity index (χ1n) is 6.17. The van der Waals surface area contributed by atoms with Gasteiger partial charge in [0.2, 0.25) is 17.7 Å². The van der Waals surface area contributed by atoms with Gasteiger partial charge in [0.1, 0.15) is 0 Å². The molecule has 0 radical (unpaired) electrons. The summed E-state index contributed by atoms with van der Waals surface area (Å²) in [6.07, 6.45) is 0. The average Bonchev–Trinajstić information content (AvgIpc) is 2.26. The molecule has 0 rings (SSSR count). The second-order valence-corrected chi connectivity index (χ2v) is 4.87. The molecule has 0 aromatic rings. The van der Waals surface area contributed by atoms with Gasteiger partial charge >= 0.3 is 0 Å². The van der Waals surface area contributed by atoms with Crippen LogP contribution >= 0.6 is 0 Å². The van der Waals surface area contributed by atoms with Crippen molar-refractivity contribution in [1.82, 2.24) is 5.32 Å². The molecule has 112 valence electrons. The highest BCUT2D eigenvalue weighted by molar-refractivity contribution is 5.85. The first-order valence-corrected chi connectivity index (χ1v) is 6.17. The van der Waals surface area contributed by atoms with Crippen LogP contribution in [0.25, 0.3) is 0 Å². The lowest BCUT2D eigenvalue weighted by molar-refractivity contribution is -0.130. The molecule has 19 heavy (non-hydrogen) atoms. The maximum absolute atomic E-state index is 11.6. The van der Waals surface area contributed by atoms with E-state index >= 15 is 0 Å². The number of carbonyl (C=O) groups excluding carboxylic acids is 3. The molecule has 0 bridgehead atoms. The van der Waals surface area contributed by atoms with E-state index in [1.807, 2.05) is 27.7 Å². The van der Waals surface area contributed by atoms with Crippen molar-refractivity contribution < 1.29 is 14.4 Å². The molecule has 0 heterocycles. The van der Waals surface area contributed by atoms with Crippen LogP contribution < -0.4 is 22.5 Å². The van der Waals surface area contributed by atoms with Crippen molar-refractivity contribution in [2.24, 2.45) is 35.0 Å².